The molecule has 2 aromatic heterocycles. The van der Waals surface area contributed by atoms with Crippen LogP contribution >= 0.6 is 0 Å². The van der Waals surface area contributed by atoms with Gasteiger partial charge in [0.05, 0.1) is 11.8 Å². The molecule has 0 atom stereocenters. The first-order chi connectivity index (χ1) is 9.49. The molecule has 0 aliphatic heterocycles. The van der Waals surface area contributed by atoms with E-state index in [2.05, 4.69) is 9.67 Å². The Morgan fingerprint density at radius 3 is 2.75 bits per heavy atom. The first-order valence-electron chi connectivity index (χ1n) is 6.89. The lowest BCUT2D eigenvalue weighted by atomic mass is 10.1. The van der Waals surface area contributed by atoms with Crippen molar-refractivity contribution in [1.82, 2.24) is 14.3 Å². The molecule has 2 rings (SSSR count). The van der Waals surface area contributed by atoms with Gasteiger partial charge < -0.3 is 9.67 Å². The number of hydrogen-bond acceptors (Lipinski definition) is 2. The summed E-state index contributed by atoms with van der Waals surface area (Å²) in [6.45, 7) is 4.88. The number of aromatic carboxylic acids is 1. The molecule has 1 N–H and O–H groups in total. The van der Waals surface area contributed by atoms with Gasteiger partial charge in [-0.15, -0.1) is 0 Å². The number of carboxylic acids is 1. The van der Waals surface area contributed by atoms with Crippen molar-refractivity contribution in [2.45, 2.75) is 39.2 Å². The van der Waals surface area contributed by atoms with Crippen LogP contribution in [0.3, 0.4) is 0 Å². The second-order valence-electron chi connectivity index (χ2n) is 5.39. The number of rotatable bonds is 6. The number of carbonyl (C=O) groups is 1. The van der Waals surface area contributed by atoms with Gasteiger partial charge in [-0.2, -0.15) is 5.10 Å². The second kappa shape index (κ2) is 5.94. The zero-order chi connectivity index (χ0) is 14.7. The van der Waals surface area contributed by atoms with Crippen LogP contribution in [-0.4, -0.2) is 25.4 Å². The maximum atomic E-state index is 11.2. The van der Waals surface area contributed by atoms with Crippen molar-refractivity contribution in [3.05, 3.63) is 41.5 Å². The molecule has 0 saturated carbocycles. The molecule has 0 aliphatic carbocycles. The lowest BCUT2D eigenvalue weighted by molar-refractivity contribution is 0.0695. The normalized spacial score (nSPS) is 11.2. The van der Waals surface area contributed by atoms with E-state index >= 15 is 0 Å². The van der Waals surface area contributed by atoms with E-state index in [0.717, 1.165) is 25.1 Å². The summed E-state index contributed by atoms with van der Waals surface area (Å²) in [5.41, 5.74) is 2.54. The number of carboxylic acid groups (broad SMARTS) is 1. The molecule has 0 fully saturated rings. The molecule has 0 unspecified atom stereocenters. The van der Waals surface area contributed by atoms with Crippen molar-refractivity contribution in [2.24, 2.45) is 7.05 Å². The Bertz CT molecular complexity index is 596. The van der Waals surface area contributed by atoms with Gasteiger partial charge in [0.25, 0.3) is 0 Å². The molecule has 0 aromatic carbocycles. The smallest absolute Gasteiger partial charge is 0.337 e. The first kappa shape index (κ1) is 14.4. The molecule has 2 heterocycles. The van der Waals surface area contributed by atoms with Gasteiger partial charge in [0, 0.05) is 31.7 Å². The molecule has 5 nitrogen and oxygen atoms in total. The van der Waals surface area contributed by atoms with E-state index in [9.17, 15) is 9.90 Å². The maximum absolute atomic E-state index is 11.2. The lowest BCUT2D eigenvalue weighted by Crippen LogP contribution is -2.09. The van der Waals surface area contributed by atoms with Crippen molar-refractivity contribution >= 4 is 5.97 Å². The molecule has 2 aromatic rings. The fourth-order valence-corrected chi connectivity index (χ4v) is 2.56. The van der Waals surface area contributed by atoms with Crippen LogP contribution in [0.4, 0.5) is 0 Å². The van der Waals surface area contributed by atoms with Gasteiger partial charge in [0.15, 0.2) is 0 Å². The number of aryl methyl sites for hydroxylation is 3. The van der Waals surface area contributed by atoms with Gasteiger partial charge >= 0.3 is 5.97 Å². The Balaban J connectivity index is 2.04. The minimum atomic E-state index is -0.847. The summed E-state index contributed by atoms with van der Waals surface area (Å²) in [5, 5.41) is 13.4. The molecule has 0 saturated heterocycles. The lowest BCUT2D eigenvalue weighted by Gasteiger charge is -2.13. The maximum Gasteiger partial charge on any atom is 0.337 e. The van der Waals surface area contributed by atoms with E-state index < -0.39 is 5.97 Å². The van der Waals surface area contributed by atoms with E-state index in [1.54, 1.807) is 10.7 Å². The van der Waals surface area contributed by atoms with E-state index in [1.165, 1.54) is 5.56 Å². The summed E-state index contributed by atoms with van der Waals surface area (Å²) in [4.78, 5) is 11.2. The van der Waals surface area contributed by atoms with Crippen molar-refractivity contribution in [3.63, 3.8) is 0 Å². The topological polar surface area (TPSA) is 60.0 Å². The van der Waals surface area contributed by atoms with Crippen LogP contribution in [0.15, 0.2) is 24.7 Å². The highest BCUT2D eigenvalue weighted by Gasteiger charge is 2.17. The number of nitrogens with zero attached hydrogens (tertiary/aromatic N) is 3. The average Bonchev–Trinajstić information content (AvgIpc) is 2.96. The number of aromatic nitrogens is 3. The predicted molar refractivity (Wildman–Crippen MR) is 77.0 cm³/mol. The van der Waals surface area contributed by atoms with E-state index in [4.69, 9.17) is 0 Å². The third-order valence-corrected chi connectivity index (χ3v) is 3.41. The molecule has 0 amide bonds. The van der Waals surface area contributed by atoms with Crippen LogP contribution in [0.25, 0.3) is 0 Å². The van der Waals surface area contributed by atoms with Crippen molar-refractivity contribution < 1.29 is 9.90 Å². The molecule has 108 valence electrons. The van der Waals surface area contributed by atoms with Crippen molar-refractivity contribution in [3.8, 4) is 0 Å². The van der Waals surface area contributed by atoms with Gasteiger partial charge in [-0.05, 0) is 30.4 Å². The van der Waals surface area contributed by atoms with Gasteiger partial charge in [-0.25, -0.2) is 4.79 Å². The van der Waals surface area contributed by atoms with Crippen LogP contribution in [0.2, 0.25) is 0 Å². The van der Waals surface area contributed by atoms with Gasteiger partial charge in [-0.3, -0.25) is 4.68 Å². The van der Waals surface area contributed by atoms with E-state index in [0.29, 0.717) is 5.56 Å². The van der Waals surface area contributed by atoms with Crippen molar-refractivity contribution in [2.75, 3.05) is 0 Å². The summed E-state index contributed by atoms with van der Waals surface area (Å²) in [6.07, 6.45) is 7.69. The average molecular weight is 275 g/mol. The van der Waals surface area contributed by atoms with Crippen molar-refractivity contribution in [1.29, 1.82) is 0 Å². The van der Waals surface area contributed by atoms with Gasteiger partial charge in [0.2, 0.25) is 0 Å². The summed E-state index contributed by atoms with van der Waals surface area (Å²) < 4.78 is 3.86. The zero-order valence-electron chi connectivity index (χ0n) is 12.2. The standard InChI is InChI=1S/C15H21N3O2/c1-11(2)14-13(15(19)20)6-8-18(14)7-4-5-12-9-16-17(3)10-12/h6,8-11H,4-5,7H2,1-3H3,(H,19,20). The minimum absolute atomic E-state index is 0.203. The highest BCUT2D eigenvalue weighted by atomic mass is 16.4. The van der Waals surface area contributed by atoms with E-state index in [-0.39, 0.29) is 5.92 Å². The largest absolute Gasteiger partial charge is 0.478 e. The fourth-order valence-electron chi connectivity index (χ4n) is 2.56. The molecule has 20 heavy (non-hydrogen) atoms. The minimum Gasteiger partial charge on any atom is -0.478 e. The van der Waals surface area contributed by atoms with Gasteiger partial charge in [0.1, 0.15) is 0 Å². The molecule has 0 spiro atoms. The zero-order valence-corrected chi connectivity index (χ0v) is 12.2. The highest BCUT2D eigenvalue weighted by molar-refractivity contribution is 5.89. The Morgan fingerprint density at radius 1 is 1.45 bits per heavy atom. The molecule has 0 aliphatic rings. The van der Waals surface area contributed by atoms with Crippen LogP contribution in [0, 0.1) is 0 Å². The van der Waals surface area contributed by atoms with Crippen LogP contribution in [-0.2, 0) is 20.0 Å². The van der Waals surface area contributed by atoms with Crippen LogP contribution in [0.5, 0.6) is 0 Å². The molecule has 5 heteroatoms. The molecule has 0 bridgehead atoms. The Morgan fingerprint density at radius 2 is 2.20 bits per heavy atom. The molecular formula is C15H21N3O2. The summed E-state index contributed by atoms with van der Waals surface area (Å²) in [6, 6.07) is 1.70. The third kappa shape index (κ3) is 3.10. The summed E-state index contributed by atoms with van der Waals surface area (Å²) >= 11 is 0. The fraction of sp³-hybridized carbons (Fsp3) is 0.467. The summed E-state index contributed by atoms with van der Waals surface area (Å²) in [7, 11) is 1.91. The summed E-state index contributed by atoms with van der Waals surface area (Å²) in [5.74, 6) is -0.644. The molecule has 0 radical (unpaired) electrons. The first-order valence-corrected chi connectivity index (χ1v) is 6.89. The van der Waals surface area contributed by atoms with Gasteiger partial charge in [-0.1, -0.05) is 13.8 Å². The Labute approximate surface area is 118 Å². The Hall–Kier alpha value is -2.04. The molecular weight excluding hydrogens is 254 g/mol. The number of hydrogen-bond donors (Lipinski definition) is 1. The third-order valence-electron chi connectivity index (χ3n) is 3.41. The van der Waals surface area contributed by atoms with E-state index in [1.807, 2.05) is 39.5 Å². The predicted octanol–water partition coefficient (Wildman–Crippen LogP) is 2.68. The van der Waals surface area contributed by atoms with Crippen LogP contribution < -0.4 is 0 Å². The monoisotopic (exact) mass is 275 g/mol. The van der Waals surface area contributed by atoms with Crippen LogP contribution in [0.1, 0.15) is 47.8 Å². The SMILES string of the molecule is CC(C)c1c(C(=O)O)ccn1CCCc1cnn(C)c1. The highest BCUT2D eigenvalue weighted by Crippen LogP contribution is 2.21. The Kier molecular flexibility index (Phi) is 4.27. The quantitative estimate of drug-likeness (QED) is 0.881. The second-order valence-corrected chi connectivity index (χ2v) is 5.39.